The van der Waals surface area contributed by atoms with Crippen molar-refractivity contribution >= 4 is 34.0 Å². The van der Waals surface area contributed by atoms with E-state index < -0.39 is 0 Å². The molecule has 1 amide bonds. The van der Waals surface area contributed by atoms with Crippen molar-refractivity contribution < 1.29 is 4.79 Å². The lowest BCUT2D eigenvalue weighted by Crippen LogP contribution is -2.27. The summed E-state index contributed by atoms with van der Waals surface area (Å²) in [6.07, 6.45) is 3.53. The van der Waals surface area contributed by atoms with Crippen molar-refractivity contribution in [3.05, 3.63) is 45.9 Å². The van der Waals surface area contributed by atoms with E-state index in [0.717, 1.165) is 23.3 Å². The van der Waals surface area contributed by atoms with Crippen LogP contribution in [0.2, 0.25) is 5.02 Å². The highest BCUT2D eigenvalue weighted by molar-refractivity contribution is 7.15. The molecule has 19 heavy (non-hydrogen) atoms. The van der Waals surface area contributed by atoms with Crippen molar-refractivity contribution in [1.82, 2.24) is 4.98 Å². The Morgan fingerprint density at radius 2 is 2.05 bits per heavy atom. The number of nitrogens with zero attached hydrogens (tertiary/aromatic N) is 1. The fraction of sp³-hybridized carbons (Fsp3) is 0.286. The zero-order chi connectivity index (χ0) is 13.5. The molecule has 0 bridgehead atoms. The largest absolute Gasteiger partial charge is 0.301 e. The van der Waals surface area contributed by atoms with Gasteiger partial charge in [-0.1, -0.05) is 23.7 Å². The molecular weight excluding hydrogens is 280 g/mol. The molecule has 2 aromatic rings. The maximum absolute atomic E-state index is 12.4. The first-order valence-corrected chi connectivity index (χ1v) is 7.29. The molecule has 0 saturated heterocycles. The van der Waals surface area contributed by atoms with Crippen LogP contribution in [0, 0.1) is 6.92 Å². The van der Waals surface area contributed by atoms with Crippen molar-refractivity contribution in [3.63, 3.8) is 0 Å². The van der Waals surface area contributed by atoms with Gasteiger partial charge in [0.1, 0.15) is 0 Å². The number of amides is 1. The van der Waals surface area contributed by atoms with E-state index in [1.165, 1.54) is 11.3 Å². The van der Waals surface area contributed by atoms with Crippen molar-refractivity contribution in [2.45, 2.75) is 25.2 Å². The third-order valence-electron chi connectivity index (χ3n) is 3.42. The summed E-state index contributed by atoms with van der Waals surface area (Å²) in [5.41, 5.74) is 0.645. The van der Waals surface area contributed by atoms with Gasteiger partial charge in [0.25, 0.3) is 0 Å². The van der Waals surface area contributed by atoms with Gasteiger partial charge in [-0.3, -0.25) is 4.79 Å². The van der Waals surface area contributed by atoms with E-state index in [1.807, 2.05) is 31.2 Å². The summed E-state index contributed by atoms with van der Waals surface area (Å²) in [7, 11) is 0. The number of rotatable bonds is 3. The number of halogens is 1. The number of nitrogens with one attached hydrogen (secondary N) is 1. The Morgan fingerprint density at radius 1 is 1.37 bits per heavy atom. The minimum atomic E-state index is -0.385. The standard InChI is InChI=1S/C14H13ClN2OS/c1-9-8-16-13(19-9)17-12(18)14(6-7-14)10-2-4-11(15)5-3-10/h2-5,8H,6-7H2,1H3,(H,16,17,18). The van der Waals surface area contributed by atoms with E-state index in [2.05, 4.69) is 10.3 Å². The second kappa shape index (κ2) is 4.62. The van der Waals surface area contributed by atoms with Crippen LogP contribution < -0.4 is 5.32 Å². The van der Waals surface area contributed by atoms with Crippen LogP contribution in [0.5, 0.6) is 0 Å². The minimum Gasteiger partial charge on any atom is -0.301 e. The Hall–Kier alpha value is -1.39. The number of benzene rings is 1. The Labute approximate surface area is 120 Å². The molecule has 1 aromatic heterocycles. The van der Waals surface area contributed by atoms with Gasteiger partial charge in [-0.2, -0.15) is 0 Å². The van der Waals surface area contributed by atoms with Crippen LogP contribution in [0.1, 0.15) is 23.3 Å². The molecule has 3 rings (SSSR count). The highest BCUT2D eigenvalue weighted by atomic mass is 35.5. The zero-order valence-corrected chi connectivity index (χ0v) is 12.0. The predicted octanol–water partition coefficient (Wildman–Crippen LogP) is 3.78. The van der Waals surface area contributed by atoms with Crippen LogP contribution in [0.25, 0.3) is 0 Å². The quantitative estimate of drug-likeness (QED) is 0.935. The molecule has 1 aliphatic rings. The number of hydrogen-bond acceptors (Lipinski definition) is 3. The van der Waals surface area contributed by atoms with Crippen molar-refractivity contribution in [1.29, 1.82) is 0 Å². The second-order valence-electron chi connectivity index (χ2n) is 4.82. The third-order valence-corrected chi connectivity index (χ3v) is 4.50. The maximum Gasteiger partial charge on any atom is 0.236 e. The number of carbonyl (C=O) groups excluding carboxylic acids is 1. The van der Waals surface area contributed by atoms with E-state index in [1.54, 1.807) is 6.20 Å². The molecule has 0 spiro atoms. The molecule has 1 heterocycles. The summed E-state index contributed by atoms with van der Waals surface area (Å²) in [6.45, 7) is 1.97. The molecule has 0 unspecified atom stereocenters. The number of carbonyl (C=O) groups is 1. The molecular formula is C14H13ClN2OS. The first kappa shape index (κ1) is 12.6. The summed E-state index contributed by atoms with van der Waals surface area (Å²) in [4.78, 5) is 17.7. The molecule has 0 radical (unpaired) electrons. The summed E-state index contributed by atoms with van der Waals surface area (Å²) in [5.74, 6) is 0.0316. The molecule has 1 aliphatic carbocycles. The number of aryl methyl sites for hydroxylation is 1. The molecule has 98 valence electrons. The van der Waals surface area contributed by atoms with Crippen LogP contribution >= 0.6 is 22.9 Å². The SMILES string of the molecule is Cc1cnc(NC(=O)C2(c3ccc(Cl)cc3)CC2)s1. The highest BCUT2D eigenvalue weighted by Crippen LogP contribution is 2.49. The van der Waals surface area contributed by atoms with Gasteiger partial charge in [0.05, 0.1) is 5.41 Å². The minimum absolute atomic E-state index is 0.0316. The molecule has 1 fully saturated rings. The van der Waals surface area contributed by atoms with Gasteiger partial charge in [-0.05, 0) is 37.5 Å². The second-order valence-corrected chi connectivity index (χ2v) is 6.49. The average Bonchev–Trinajstić information content (AvgIpc) is 3.10. The Bertz CT molecular complexity index is 617. The van der Waals surface area contributed by atoms with E-state index in [0.29, 0.717) is 10.2 Å². The number of hydrogen-bond donors (Lipinski definition) is 1. The van der Waals surface area contributed by atoms with E-state index >= 15 is 0 Å². The van der Waals surface area contributed by atoms with Crippen LogP contribution in [-0.2, 0) is 10.2 Å². The number of thiazole rings is 1. The van der Waals surface area contributed by atoms with Crippen LogP contribution in [0.4, 0.5) is 5.13 Å². The number of aromatic nitrogens is 1. The summed E-state index contributed by atoms with van der Waals surface area (Å²) >= 11 is 7.38. The van der Waals surface area contributed by atoms with Crippen molar-refractivity contribution in [3.8, 4) is 0 Å². The van der Waals surface area contributed by atoms with Gasteiger partial charge in [0.15, 0.2) is 5.13 Å². The summed E-state index contributed by atoms with van der Waals surface area (Å²) < 4.78 is 0. The smallest absolute Gasteiger partial charge is 0.236 e. The zero-order valence-electron chi connectivity index (χ0n) is 10.4. The first-order chi connectivity index (χ1) is 9.10. The summed E-state index contributed by atoms with van der Waals surface area (Å²) in [5, 5.41) is 4.27. The number of anilines is 1. The van der Waals surface area contributed by atoms with E-state index in [9.17, 15) is 4.79 Å². The lowest BCUT2D eigenvalue weighted by atomic mass is 9.95. The fourth-order valence-electron chi connectivity index (χ4n) is 2.17. The monoisotopic (exact) mass is 292 g/mol. The maximum atomic E-state index is 12.4. The summed E-state index contributed by atoms with van der Waals surface area (Å²) in [6, 6.07) is 7.53. The average molecular weight is 293 g/mol. The fourth-order valence-corrected chi connectivity index (χ4v) is 2.96. The Morgan fingerprint density at radius 3 is 2.58 bits per heavy atom. The van der Waals surface area contributed by atoms with Crippen LogP contribution in [-0.4, -0.2) is 10.9 Å². The first-order valence-electron chi connectivity index (χ1n) is 6.10. The molecule has 1 saturated carbocycles. The predicted molar refractivity (Wildman–Crippen MR) is 77.8 cm³/mol. The van der Waals surface area contributed by atoms with Crippen LogP contribution in [0.15, 0.2) is 30.5 Å². The Kier molecular flexibility index (Phi) is 3.07. The topological polar surface area (TPSA) is 42.0 Å². The third kappa shape index (κ3) is 2.38. The highest BCUT2D eigenvalue weighted by Gasteiger charge is 2.51. The molecule has 1 aromatic carbocycles. The Balaban J connectivity index is 1.81. The lowest BCUT2D eigenvalue weighted by Gasteiger charge is -2.14. The lowest BCUT2D eigenvalue weighted by molar-refractivity contribution is -0.118. The molecule has 0 aliphatic heterocycles. The van der Waals surface area contributed by atoms with Crippen molar-refractivity contribution in [2.75, 3.05) is 5.32 Å². The molecule has 1 N–H and O–H groups in total. The van der Waals surface area contributed by atoms with Crippen LogP contribution in [0.3, 0.4) is 0 Å². The van der Waals surface area contributed by atoms with Gasteiger partial charge in [-0.15, -0.1) is 11.3 Å². The van der Waals surface area contributed by atoms with Gasteiger partial charge >= 0.3 is 0 Å². The van der Waals surface area contributed by atoms with Gasteiger partial charge in [0.2, 0.25) is 5.91 Å². The van der Waals surface area contributed by atoms with Gasteiger partial charge in [0, 0.05) is 16.1 Å². The molecule has 0 atom stereocenters. The van der Waals surface area contributed by atoms with Gasteiger partial charge < -0.3 is 5.32 Å². The van der Waals surface area contributed by atoms with E-state index in [4.69, 9.17) is 11.6 Å². The van der Waals surface area contributed by atoms with Crippen molar-refractivity contribution in [2.24, 2.45) is 0 Å². The molecule has 5 heteroatoms. The van der Waals surface area contributed by atoms with E-state index in [-0.39, 0.29) is 11.3 Å². The molecule has 3 nitrogen and oxygen atoms in total. The van der Waals surface area contributed by atoms with Gasteiger partial charge in [-0.25, -0.2) is 4.98 Å². The normalized spacial score (nSPS) is 16.1.